The summed E-state index contributed by atoms with van der Waals surface area (Å²) in [7, 11) is 1.75. The molecule has 0 N–H and O–H groups in total. The van der Waals surface area contributed by atoms with Crippen molar-refractivity contribution in [3.05, 3.63) is 17.0 Å². The first-order chi connectivity index (χ1) is 11.3. The summed E-state index contributed by atoms with van der Waals surface area (Å²) in [4.78, 5) is 36.1. The molecule has 6 nitrogen and oxygen atoms in total. The second-order valence-electron chi connectivity index (χ2n) is 7.22. The average Bonchev–Trinajstić information content (AvgIpc) is 2.89. The Morgan fingerprint density at radius 1 is 1.50 bits per heavy atom. The molecule has 6 heteroatoms. The average molecular weight is 332 g/mol. The number of hydrogen-bond acceptors (Lipinski definition) is 5. The first-order valence-electron chi connectivity index (χ1n) is 8.57. The molecule has 2 aliphatic rings. The SMILES string of the molecule is CCOC(=O)c1c2c(nn1C)[C@@]1(C)CC(C=O)C(=O)[C@@H](C)[C@@H]1CC2. The number of esters is 1. The number of aromatic nitrogens is 2. The van der Waals surface area contributed by atoms with Gasteiger partial charge in [-0.05, 0) is 32.1 Å². The molecule has 2 aliphatic carbocycles. The molecule has 0 aromatic carbocycles. The van der Waals surface area contributed by atoms with Crippen LogP contribution in [0.15, 0.2) is 0 Å². The van der Waals surface area contributed by atoms with Crippen LogP contribution in [0.25, 0.3) is 0 Å². The van der Waals surface area contributed by atoms with Gasteiger partial charge in [0, 0.05) is 23.9 Å². The zero-order valence-electron chi connectivity index (χ0n) is 14.7. The van der Waals surface area contributed by atoms with Crippen LogP contribution in [0.3, 0.4) is 0 Å². The third-order valence-electron chi connectivity index (χ3n) is 5.90. The number of fused-ring (bicyclic) bond motifs is 3. The lowest BCUT2D eigenvalue weighted by Crippen LogP contribution is -2.51. The predicted molar refractivity (Wildman–Crippen MR) is 86.7 cm³/mol. The molecule has 0 bridgehead atoms. The summed E-state index contributed by atoms with van der Waals surface area (Å²) in [6.07, 6.45) is 2.77. The van der Waals surface area contributed by atoms with E-state index in [1.807, 2.05) is 6.92 Å². The highest BCUT2D eigenvalue weighted by atomic mass is 16.5. The lowest BCUT2D eigenvalue weighted by molar-refractivity contribution is -0.137. The Hall–Kier alpha value is -1.98. The molecule has 0 spiro atoms. The third-order valence-corrected chi connectivity index (χ3v) is 5.90. The largest absolute Gasteiger partial charge is 0.461 e. The number of carbonyl (C=O) groups excluding carboxylic acids is 3. The van der Waals surface area contributed by atoms with Crippen LogP contribution >= 0.6 is 0 Å². The summed E-state index contributed by atoms with van der Waals surface area (Å²) >= 11 is 0. The molecular formula is C18H24N2O4. The van der Waals surface area contributed by atoms with E-state index < -0.39 is 5.92 Å². The molecular weight excluding hydrogens is 308 g/mol. The van der Waals surface area contributed by atoms with E-state index in [-0.39, 0.29) is 29.0 Å². The quantitative estimate of drug-likeness (QED) is 0.479. The van der Waals surface area contributed by atoms with Crippen LogP contribution in [-0.2, 0) is 33.2 Å². The van der Waals surface area contributed by atoms with Gasteiger partial charge in [0.2, 0.25) is 0 Å². The van der Waals surface area contributed by atoms with Crippen molar-refractivity contribution in [1.82, 2.24) is 9.78 Å². The molecule has 24 heavy (non-hydrogen) atoms. The summed E-state index contributed by atoms with van der Waals surface area (Å²) in [5.74, 6) is -0.917. The van der Waals surface area contributed by atoms with Crippen LogP contribution < -0.4 is 0 Å². The zero-order chi connectivity index (χ0) is 17.6. The van der Waals surface area contributed by atoms with E-state index in [1.165, 1.54) is 0 Å². The maximum Gasteiger partial charge on any atom is 0.356 e. The molecule has 3 rings (SSSR count). The van der Waals surface area contributed by atoms with Crippen molar-refractivity contribution in [3.8, 4) is 0 Å². The second-order valence-corrected chi connectivity index (χ2v) is 7.22. The monoisotopic (exact) mass is 332 g/mol. The van der Waals surface area contributed by atoms with Crippen molar-refractivity contribution < 1.29 is 19.1 Å². The Kier molecular flexibility index (Phi) is 4.10. The van der Waals surface area contributed by atoms with Crippen LogP contribution in [0.4, 0.5) is 0 Å². The van der Waals surface area contributed by atoms with Gasteiger partial charge in [-0.1, -0.05) is 13.8 Å². The molecule has 130 valence electrons. The molecule has 4 atom stereocenters. The topological polar surface area (TPSA) is 78.3 Å². The molecule has 0 amide bonds. The van der Waals surface area contributed by atoms with Gasteiger partial charge in [0.25, 0.3) is 0 Å². The van der Waals surface area contributed by atoms with Crippen LogP contribution in [0.2, 0.25) is 0 Å². The van der Waals surface area contributed by atoms with Crippen LogP contribution in [-0.4, -0.2) is 34.4 Å². The number of aldehydes is 1. The smallest absolute Gasteiger partial charge is 0.356 e. The van der Waals surface area contributed by atoms with Crippen molar-refractivity contribution in [3.63, 3.8) is 0 Å². The fraction of sp³-hybridized carbons (Fsp3) is 0.667. The zero-order valence-corrected chi connectivity index (χ0v) is 14.7. The van der Waals surface area contributed by atoms with E-state index in [0.29, 0.717) is 25.1 Å². The lowest BCUT2D eigenvalue weighted by Gasteiger charge is -2.48. The number of hydrogen-bond donors (Lipinski definition) is 0. The van der Waals surface area contributed by atoms with Crippen molar-refractivity contribution in [2.45, 2.75) is 45.4 Å². The van der Waals surface area contributed by atoms with Gasteiger partial charge in [0.1, 0.15) is 17.8 Å². The van der Waals surface area contributed by atoms with E-state index in [0.717, 1.165) is 24.0 Å². The van der Waals surface area contributed by atoms with E-state index in [9.17, 15) is 14.4 Å². The fourth-order valence-corrected chi connectivity index (χ4v) is 4.77. The minimum Gasteiger partial charge on any atom is -0.461 e. The number of aryl methyl sites for hydroxylation is 1. The van der Waals surface area contributed by atoms with Gasteiger partial charge in [0.15, 0.2) is 0 Å². The van der Waals surface area contributed by atoms with Crippen molar-refractivity contribution in [1.29, 1.82) is 0 Å². The number of nitrogens with zero attached hydrogens (tertiary/aromatic N) is 2. The molecule has 0 saturated heterocycles. The number of rotatable bonds is 3. The summed E-state index contributed by atoms with van der Waals surface area (Å²) in [5.41, 5.74) is 1.91. The van der Waals surface area contributed by atoms with Gasteiger partial charge in [-0.15, -0.1) is 0 Å². The molecule has 1 saturated carbocycles. The number of carbonyl (C=O) groups is 3. The Labute approximate surface area is 141 Å². The second kappa shape index (κ2) is 5.83. The molecule has 1 aromatic rings. The van der Waals surface area contributed by atoms with Gasteiger partial charge in [-0.3, -0.25) is 9.48 Å². The highest BCUT2D eigenvalue weighted by Crippen LogP contribution is 2.52. The van der Waals surface area contributed by atoms with Crippen LogP contribution in [0.5, 0.6) is 0 Å². The minimum atomic E-state index is -0.583. The highest BCUT2D eigenvalue weighted by molar-refractivity contribution is 5.96. The summed E-state index contributed by atoms with van der Waals surface area (Å²) < 4.78 is 6.76. The van der Waals surface area contributed by atoms with Crippen molar-refractivity contribution in [2.75, 3.05) is 6.61 Å². The Morgan fingerprint density at radius 2 is 2.21 bits per heavy atom. The van der Waals surface area contributed by atoms with Gasteiger partial charge in [0.05, 0.1) is 18.2 Å². The normalized spacial score (nSPS) is 32.0. The molecule has 1 heterocycles. The Balaban J connectivity index is 2.10. The Bertz CT molecular complexity index is 708. The minimum absolute atomic E-state index is 0.0393. The Morgan fingerprint density at radius 3 is 2.83 bits per heavy atom. The predicted octanol–water partition coefficient (Wildman–Crippen LogP) is 1.84. The van der Waals surface area contributed by atoms with E-state index >= 15 is 0 Å². The molecule has 1 unspecified atom stereocenters. The maximum absolute atomic E-state index is 12.4. The standard InChI is InChI=1S/C18H24N2O4/c1-5-24-17(23)14-12-6-7-13-10(2)15(22)11(9-21)8-18(13,3)16(12)19-20(14)4/h9-11,13H,5-8H2,1-4H3/t10-,11?,13-,18-/m0/s1. The third kappa shape index (κ3) is 2.23. The summed E-state index contributed by atoms with van der Waals surface area (Å²) in [5, 5.41) is 4.63. The molecule has 1 aromatic heterocycles. The van der Waals surface area contributed by atoms with Crippen LogP contribution in [0, 0.1) is 17.8 Å². The van der Waals surface area contributed by atoms with Gasteiger partial charge in [-0.25, -0.2) is 4.79 Å². The van der Waals surface area contributed by atoms with E-state index in [2.05, 4.69) is 12.0 Å². The van der Waals surface area contributed by atoms with E-state index in [1.54, 1.807) is 18.7 Å². The van der Waals surface area contributed by atoms with E-state index in [4.69, 9.17) is 4.74 Å². The number of Topliss-reactive ketones (excluding diaryl/α,β-unsaturated/α-hetero) is 1. The molecule has 0 aliphatic heterocycles. The van der Waals surface area contributed by atoms with Crippen molar-refractivity contribution >= 4 is 18.0 Å². The van der Waals surface area contributed by atoms with Gasteiger partial charge < -0.3 is 9.53 Å². The highest BCUT2D eigenvalue weighted by Gasteiger charge is 2.53. The fourth-order valence-electron chi connectivity index (χ4n) is 4.77. The van der Waals surface area contributed by atoms with Gasteiger partial charge in [-0.2, -0.15) is 5.10 Å². The van der Waals surface area contributed by atoms with Crippen LogP contribution in [0.1, 0.15) is 55.4 Å². The maximum atomic E-state index is 12.4. The number of ketones is 1. The summed E-state index contributed by atoms with van der Waals surface area (Å²) in [6, 6.07) is 0. The van der Waals surface area contributed by atoms with Gasteiger partial charge >= 0.3 is 5.97 Å². The van der Waals surface area contributed by atoms with Crippen molar-refractivity contribution in [2.24, 2.45) is 24.8 Å². The first-order valence-corrected chi connectivity index (χ1v) is 8.57. The summed E-state index contributed by atoms with van der Waals surface area (Å²) in [6.45, 7) is 6.09. The number of ether oxygens (including phenoxy) is 1. The lowest BCUT2D eigenvalue weighted by atomic mass is 9.54. The first kappa shape index (κ1) is 16.9. The molecule has 0 radical (unpaired) electrons. The molecule has 1 fully saturated rings.